The molecule has 1 aromatic carbocycles. The smallest absolute Gasteiger partial charge is 0.0620 e. The second kappa shape index (κ2) is 4.51. The monoisotopic (exact) mass is 197 g/mol. The van der Waals surface area contributed by atoms with Crippen LogP contribution >= 0.6 is 0 Å². The Morgan fingerprint density at radius 3 is 2.47 bits per heavy atom. The van der Waals surface area contributed by atoms with E-state index in [4.69, 9.17) is 0 Å². The third kappa shape index (κ3) is 2.50. The van der Waals surface area contributed by atoms with E-state index in [0.717, 1.165) is 5.56 Å². The maximum absolute atomic E-state index is 4.33. The lowest BCUT2D eigenvalue weighted by atomic mass is 10.1. The summed E-state index contributed by atoms with van der Waals surface area (Å²) < 4.78 is 1.78. The Kier molecular flexibility index (Phi) is 2.88. The van der Waals surface area contributed by atoms with E-state index in [1.165, 1.54) is 5.56 Å². The highest BCUT2D eigenvalue weighted by atomic mass is 15.3. The van der Waals surface area contributed by atoms with Gasteiger partial charge in [0, 0.05) is 17.7 Å². The third-order valence-corrected chi connectivity index (χ3v) is 2.22. The summed E-state index contributed by atoms with van der Waals surface area (Å²) in [6, 6.07) is 14.1. The Morgan fingerprint density at radius 2 is 1.73 bits per heavy atom. The molecule has 2 nitrogen and oxygen atoms in total. The molecule has 0 amide bonds. The molecule has 74 valence electrons. The van der Waals surface area contributed by atoms with Gasteiger partial charge in [0.2, 0.25) is 12.4 Å². The molecular weight excluding hydrogens is 184 g/mol. The molecule has 1 aromatic heterocycles. The van der Waals surface area contributed by atoms with Gasteiger partial charge in [-0.1, -0.05) is 35.0 Å². The fourth-order valence-electron chi connectivity index (χ4n) is 1.33. The number of nitrogens with zero attached hydrogens (tertiary/aromatic N) is 2. The van der Waals surface area contributed by atoms with Crippen molar-refractivity contribution < 1.29 is 4.68 Å². The van der Waals surface area contributed by atoms with Gasteiger partial charge in [0.25, 0.3) is 0 Å². The van der Waals surface area contributed by atoms with E-state index in [1.54, 1.807) is 4.68 Å². The van der Waals surface area contributed by atoms with Crippen molar-refractivity contribution in [2.24, 2.45) is 5.10 Å². The van der Waals surface area contributed by atoms with Crippen molar-refractivity contribution in [1.82, 2.24) is 0 Å². The van der Waals surface area contributed by atoms with Crippen molar-refractivity contribution in [1.29, 1.82) is 0 Å². The van der Waals surface area contributed by atoms with Crippen LogP contribution in [0.25, 0.3) is 0 Å². The number of pyridine rings is 1. The van der Waals surface area contributed by atoms with E-state index in [9.17, 15) is 0 Å². The summed E-state index contributed by atoms with van der Waals surface area (Å²) in [5.41, 5.74) is 2.38. The van der Waals surface area contributed by atoms with Gasteiger partial charge < -0.3 is 0 Å². The van der Waals surface area contributed by atoms with Crippen LogP contribution in [0.3, 0.4) is 0 Å². The maximum Gasteiger partial charge on any atom is 0.202 e. The SMILES string of the molecule is Cc1ccccc1/C=N\[n+]1ccccc1. The van der Waals surface area contributed by atoms with Crippen molar-refractivity contribution in [2.45, 2.75) is 6.92 Å². The Hall–Kier alpha value is -1.96. The number of hydrogen-bond acceptors (Lipinski definition) is 1. The average Bonchev–Trinajstić information content (AvgIpc) is 2.29. The van der Waals surface area contributed by atoms with Crippen LogP contribution in [0, 0.1) is 6.92 Å². The van der Waals surface area contributed by atoms with E-state index in [-0.39, 0.29) is 0 Å². The topological polar surface area (TPSA) is 16.2 Å². The maximum atomic E-state index is 4.33. The minimum Gasteiger partial charge on any atom is -0.0620 e. The van der Waals surface area contributed by atoms with E-state index in [0.29, 0.717) is 0 Å². The van der Waals surface area contributed by atoms with E-state index < -0.39 is 0 Å². The summed E-state index contributed by atoms with van der Waals surface area (Å²) >= 11 is 0. The van der Waals surface area contributed by atoms with Crippen molar-refractivity contribution in [3.05, 3.63) is 66.0 Å². The highest BCUT2D eigenvalue weighted by Gasteiger charge is 1.95. The van der Waals surface area contributed by atoms with Gasteiger partial charge in [0.15, 0.2) is 0 Å². The van der Waals surface area contributed by atoms with Gasteiger partial charge in [0.1, 0.15) is 6.21 Å². The highest BCUT2D eigenvalue weighted by molar-refractivity contribution is 5.80. The molecule has 0 aliphatic carbocycles. The molecule has 1 heterocycles. The predicted octanol–water partition coefficient (Wildman–Crippen LogP) is 2.16. The Balaban J connectivity index is 2.23. The number of rotatable bonds is 2. The van der Waals surface area contributed by atoms with Crippen LogP contribution in [0.5, 0.6) is 0 Å². The van der Waals surface area contributed by atoms with Gasteiger partial charge >= 0.3 is 0 Å². The largest absolute Gasteiger partial charge is 0.202 e. The fourth-order valence-corrected chi connectivity index (χ4v) is 1.33. The van der Waals surface area contributed by atoms with E-state index >= 15 is 0 Å². The van der Waals surface area contributed by atoms with Crippen LogP contribution in [0.15, 0.2) is 60.0 Å². The zero-order chi connectivity index (χ0) is 10.5. The molecule has 0 aliphatic heterocycles. The van der Waals surface area contributed by atoms with Gasteiger partial charge in [-0.15, -0.1) is 0 Å². The van der Waals surface area contributed by atoms with Gasteiger partial charge in [-0.3, -0.25) is 0 Å². The molecular formula is C13H13N2+. The minimum absolute atomic E-state index is 1.15. The molecule has 0 fully saturated rings. The van der Waals surface area contributed by atoms with Gasteiger partial charge in [-0.25, -0.2) is 0 Å². The summed E-state index contributed by atoms with van der Waals surface area (Å²) in [6.07, 6.45) is 5.69. The molecule has 0 radical (unpaired) electrons. The van der Waals surface area contributed by atoms with Crippen molar-refractivity contribution in [3.8, 4) is 0 Å². The first kappa shape index (κ1) is 9.59. The first-order valence-electron chi connectivity index (χ1n) is 4.92. The summed E-state index contributed by atoms with van der Waals surface area (Å²) in [4.78, 5) is 0. The molecule has 2 rings (SSSR count). The predicted molar refractivity (Wildman–Crippen MR) is 60.8 cm³/mol. The number of aromatic nitrogens is 1. The quantitative estimate of drug-likeness (QED) is 0.518. The summed E-state index contributed by atoms with van der Waals surface area (Å²) in [6.45, 7) is 2.08. The van der Waals surface area contributed by atoms with Gasteiger partial charge in [0.05, 0.1) is 0 Å². The first-order chi connectivity index (χ1) is 7.36. The van der Waals surface area contributed by atoms with Crippen molar-refractivity contribution in [3.63, 3.8) is 0 Å². The van der Waals surface area contributed by atoms with Gasteiger partial charge in [-0.2, -0.15) is 0 Å². The Morgan fingerprint density at radius 1 is 1.00 bits per heavy atom. The normalized spacial score (nSPS) is 10.7. The second-order valence-corrected chi connectivity index (χ2v) is 3.36. The number of aryl methyl sites for hydroxylation is 1. The Bertz CT molecular complexity index is 461. The molecule has 0 N–H and O–H groups in total. The van der Waals surface area contributed by atoms with E-state index in [1.807, 2.05) is 48.9 Å². The lowest BCUT2D eigenvalue weighted by molar-refractivity contribution is -0.678. The van der Waals surface area contributed by atoms with Crippen molar-refractivity contribution in [2.75, 3.05) is 0 Å². The molecule has 0 unspecified atom stereocenters. The molecule has 2 heteroatoms. The number of benzene rings is 1. The van der Waals surface area contributed by atoms with Crippen LogP contribution in [-0.4, -0.2) is 6.21 Å². The molecule has 0 saturated heterocycles. The van der Waals surface area contributed by atoms with Crippen LogP contribution in [0.4, 0.5) is 0 Å². The fraction of sp³-hybridized carbons (Fsp3) is 0.0769. The van der Waals surface area contributed by atoms with Gasteiger partial charge in [-0.05, 0) is 17.6 Å². The minimum atomic E-state index is 1.15. The van der Waals surface area contributed by atoms with Crippen LogP contribution < -0.4 is 4.68 Å². The third-order valence-electron chi connectivity index (χ3n) is 2.22. The van der Waals surface area contributed by atoms with Crippen LogP contribution in [0.2, 0.25) is 0 Å². The second-order valence-electron chi connectivity index (χ2n) is 3.36. The molecule has 0 aliphatic rings. The molecule has 0 saturated carbocycles. The summed E-state index contributed by atoms with van der Waals surface area (Å²) in [7, 11) is 0. The molecule has 0 bridgehead atoms. The van der Waals surface area contributed by atoms with Crippen LogP contribution in [-0.2, 0) is 0 Å². The summed E-state index contributed by atoms with van der Waals surface area (Å²) in [5.74, 6) is 0. The summed E-state index contributed by atoms with van der Waals surface area (Å²) in [5, 5.41) is 4.33. The number of hydrogen-bond donors (Lipinski definition) is 0. The van der Waals surface area contributed by atoms with Crippen LogP contribution in [0.1, 0.15) is 11.1 Å². The molecule has 2 aromatic rings. The lowest BCUT2D eigenvalue weighted by Gasteiger charge is -1.95. The molecule has 0 spiro atoms. The first-order valence-corrected chi connectivity index (χ1v) is 4.92. The van der Waals surface area contributed by atoms with E-state index in [2.05, 4.69) is 24.2 Å². The zero-order valence-corrected chi connectivity index (χ0v) is 8.67. The molecule has 15 heavy (non-hydrogen) atoms. The highest BCUT2D eigenvalue weighted by Crippen LogP contribution is 2.02. The standard InChI is InChI=1S/C13H13N2/c1-12-7-3-4-8-13(12)11-14-15-9-5-2-6-10-15/h2-11H,1H3/q+1/b14-11-. The zero-order valence-electron chi connectivity index (χ0n) is 8.67. The van der Waals surface area contributed by atoms with Crippen molar-refractivity contribution >= 4 is 6.21 Å². The Labute approximate surface area is 89.5 Å². The lowest BCUT2D eigenvalue weighted by Crippen LogP contribution is -2.25. The average molecular weight is 197 g/mol. The molecule has 0 atom stereocenters.